The van der Waals surface area contributed by atoms with Gasteiger partial charge in [0.1, 0.15) is 13.2 Å². The second-order valence-corrected chi connectivity index (χ2v) is 6.39. The summed E-state index contributed by atoms with van der Waals surface area (Å²) in [5, 5.41) is 0. The van der Waals surface area contributed by atoms with Crippen LogP contribution in [0.4, 0.5) is 5.69 Å². The lowest BCUT2D eigenvalue weighted by molar-refractivity contribution is -0.120. The van der Waals surface area contributed by atoms with Crippen LogP contribution in [0.15, 0.2) is 27.8 Å². The monoisotopic (exact) mass is 363 g/mol. The number of fused-ring (bicyclic) bond motifs is 1. The van der Waals surface area contributed by atoms with E-state index < -0.39 is 0 Å². The third-order valence-electron chi connectivity index (χ3n) is 4.25. The molecular weight excluding hydrogens is 350 g/mol. The van der Waals surface area contributed by atoms with Crippen molar-refractivity contribution in [3.63, 3.8) is 0 Å². The van der Waals surface area contributed by atoms with Crippen molar-refractivity contribution in [2.24, 2.45) is 0 Å². The molecule has 1 aromatic carbocycles. The van der Waals surface area contributed by atoms with Crippen molar-refractivity contribution in [2.75, 3.05) is 18.1 Å². The Balaban J connectivity index is 1.81. The minimum Gasteiger partial charge on any atom is -0.485 e. The molecule has 0 spiro atoms. The zero-order valence-corrected chi connectivity index (χ0v) is 13.4. The van der Waals surface area contributed by atoms with E-state index in [9.17, 15) is 9.59 Å². The first-order chi connectivity index (χ1) is 10.7. The van der Waals surface area contributed by atoms with Crippen molar-refractivity contribution in [2.45, 2.75) is 25.7 Å². The number of rotatable bonds is 1. The van der Waals surface area contributed by atoms with E-state index in [2.05, 4.69) is 15.9 Å². The number of hydrogen-bond acceptors (Lipinski definition) is 4. The van der Waals surface area contributed by atoms with Gasteiger partial charge in [0.2, 0.25) is 0 Å². The number of anilines is 1. The summed E-state index contributed by atoms with van der Waals surface area (Å²) in [5.41, 5.74) is 1.82. The van der Waals surface area contributed by atoms with Crippen LogP contribution in [0, 0.1) is 0 Å². The Kier molecular flexibility index (Phi) is 3.22. The number of imide groups is 1. The Morgan fingerprint density at radius 3 is 2.14 bits per heavy atom. The van der Waals surface area contributed by atoms with Gasteiger partial charge in [0, 0.05) is 11.1 Å². The van der Waals surface area contributed by atoms with E-state index >= 15 is 0 Å². The molecule has 1 aliphatic carbocycles. The highest BCUT2D eigenvalue weighted by atomic mass is 79.9. The molecule has 5 nitrogen and oxygen atoms in total. The second kappa shape index (κ2) is 5.12. The predicted octanol–water partition coefficient (Wildman–Crippen LogP) is 2.96. The number of carbonyl (C=O) groups excluding carboxylic acids is 2. The minimum absolute atomic E-state index is 0.210. The number of nitrogens with zero attached hydrogens (tertiary/aromatic N) is 1. The van der Waals surface area contributed by atoms with Gasteiger partial charge in [-0.2, -0.15) is 0 Å². The summed E-state index contributed by atoms with van der Waals surface area (Å²) in [5.74, 6) is 0.591. The molecule has 2 amide bonds. The average Bonchev–Trinajstić information content (AvgIpc) is 2.81. The maximum absolute atomic E-state index is 12.7. The predicted molar refractivity (Wildman–Crippen MR) is 83.1 cm³/mol. The third kappa shape index (κ3) is 1.90. The molecule has 0 atom stereocenters. The van der Waals surface area contributed by atoms with Crippen molar-refractivity contribution in [1.29, 1.82) is 0 Å². The zero-order chi connectivity index (χ0) is 15.3. The maximum atomic E-state index is 12.7. The Hall–Kier alpha value is -1.82. The van der Waals surface area contributed by atoms with Crippen LogP contribution in [0.3, 0.4) is 0 Å². The average molecular weight is 364 g/mol. The van der Waals surface area contributed by atoms with Gasteiger partial charge in [-0.1, -0.05) is 0 Å². The molecule has 6 heteroatoms. The number of halogens is 1. The molecule has 0 N–H and O–H groups in total. The summed E-state index contributed by atoms with van der Waals surface area (Å²) in [6.07, 6.45) is 3.30. The molecule has 2 aliphatic heterocycles. The zero-order valence-electron chi connectivity index (χ0n) is 11.9. The first-order valence-electron chi connectivity index (χ1n) is 7.37. The van der Waals surface area contributed by atoms with Crippen LogP contribution >= 0.6 is 15.9 Å². The summed E-state index contributed by atoms with van der Waals surface area (Å²) in [6, 6.07) is 3.51. The largest absolute Gasteiger partial charge is 0.485 e. The van der Waals surface area contributed by atoms with E-state index in [-0.39, 0.29) is 11.8 Å². The van der Waals surface area contributed by atoms with E-state index in [4.69, 9.17) is 9.47 Å². The lowest BCUT2D eigenvalue weighted by Gasteiger charge is -2.25. The van der Waals surface area contributed by atoms with E-state index in [1.54, 1.807) is 12.1 Å². The van der Waals surface area contributed by atoms with Gasteiger partial charge in [-0.25, -0.2) is 4.90 Å². The smallest absolute Gasteiger partial charge is 0.261 e. The molecule has 0 saturated carbocycles. The molecule has 0 bridgehead atoms. The van der Waals surface area contributed by atoms with E-state index in [1.807, 2.05) is 0 Å². The van der Waals surface area contributed by atoms with Crippen LogP contribution in [0.25, 0.3) is 0 Å². The van der Waals surface area contributed by atoms with Gasteiger partial charge in [-0.05, 0) is 53.7 Å². The Morgan fingerprint density at radius 2 is 1.50 bits per heavy atom. The van der Waals surface area contributed by atoms with Gasteiger partial charge >= 0.3 is 0 Å². The molecule has 22 heavy (non-hydrogen) atoms. The summed E-state index contributed by atoms with van der Waals surface area (Å²) < 4.78 is 12.0. The second-order valence-electron chi connectivity index (χ2n) is 5.53. The fraction of sp³-hybridized carbons (Fsp3) is 0.375. The van der Waals surface area contributed by atoms with Crippen LogP contribution in [0.5, 0.6) is 11.5 Å². The quantitative estimate of drug-likeness (QED) is 0.719. The topological polar surface area (TPSA) is 55.8 Å². The maximum Gasteiger partial charge on any atom is 0.261 e. The molecule has 0 aromatic heterocycles. The molecule has 3 aliphatic rings. The van der Waals surface area contributed by atoms with Crippen LogP contribution in [-0.4, -0.2) is 25.0 Å². The molecule has 1 aromatic rings. The van der Waals surface area contributed by atoms with Crippen molar-refractivity contribution >= 4 is 33.4 Å². The van der Waals surface area contributed by atoms with Crippen molar-refractivity contribution < 1.29 is 19.1 Å². The first kappa shape index (κ1) is 13.8. The number of hydrogen-bond donors (Lipinski definition) is 0. The number of amides is 2. The van der Waals surface area contributed by atoms with Crippen LogP contribution in [0.2, 0.25) is 0 Å². The molecule has 4 rings (SSSR count). The van der Waals surface area contributed by atoms with E-state index in [0.717, 1.165) is 17.3 Å². The molecule has 114 valence electrons. The fourth-order valence-corrected chi connectivity index (χ4v) is 3.65. The highest BCUT2D eigenvalue weighted by Gasteiger charge is 2.41. The summed E-state index contributed by atoms with van der Waals surface area (Å²) in [7, 11) is 0. The highest BCUT2D eigenvalue weighted by Crippen LogP contribution is 2.47. The minimum atomic E-state index is -0.210. The number of ether oxygens (including phenoxy) is 2. The lowest BCUT2D eigenvalue weighted by Crippen LogP contribution is -2.32. The van der Waals surface area contributed by atoms with E-state index in [1.165, 1.54) is 4.90 Å². The van der Waals surface area contributed by atoms with Gasteiger partial charge in [0.05, 0.1) is 10.2 Å². The number of benzene rings is 1. The van der Waals surface area contributed by atoms with Crippen molar-refractivity contribution in [3.05, 3.63) is 27.8 Å². The summed E-state index contributed by atoms with van der Waals surface area (Å²) >= 11 is 3.41. The molecule has 2 heterocycles. The van der Waals surface area contributed by atoms with Gasteiger partial charge in [0.25, 0.3) is 11.8 Å². The van der Waals surface area contributed by atoms with Gasteiger partial charge in [-0.3, -0.25) is 9.59 Å². The number of carbonyl (C=O) groups is 2. The van der Waals surface area contributed by atoms with Crippen molar-refractivity contribution in [3.8, 4) is 11.5 Å². The fourth-order valence-electron chi connectivity index (χ4n) is 3.22. The highest BCUT2D eigenvalue weighted by molar-refractivity contribution is 9.10. The van der Waals surface area contributed by atoms with Gasteiger partial charge < -0.3 is 9.47 Å². The van der Waals surface area contributed by atoms with Gasteiger partial charge in [0.15, 0.2) is 11.5 Å². The molecule has 0 fully saturated rings. The van der Waals surface area contributed by atoms with Gasteiger partial charge in [-0.15, -0.1) is 0 Å². The molecular formula is C16H14BrNO4. The van der Waals surface area contributed by atoms with E-state index in [0.29, 0.717) is 54.4 Å². The normalized spacial score (nSPS) is 20.5. The molecule has 0 unspecified atom stereocenters. The Morgan fingerprint density at radius 1 is 0.909 bits per heavy atom. The Bertz CT molecular complexity index is 697. The van der Waals surface area contributed by atoms with Crippen LogP contribution in [0.1, 0.15) is 25.7 Å². The summed E-state index contributed by atoms with van der Waals surface area (Å²) in [6.45, 7) is 0.853. The van der Waals surface area contributed by atoms with Crippen molar-refractivity contribution in [1.82, 2.24) is 0 Å². The molecule has 0 radical (unpaired) electrons. The first-order valence-corrected chi connectivity index (χ1v) is 8.16. The third-order valence-corrected chi connectivity index (χ3v) is 4.88. The molecule has 0 saturated heterocycles. The van der Waals surface area contributed by atoms with Crippen LogP contribution < -0.4 is 14.4 Å². The standard InChI is InChI=1S/C16H14BrNO4/c17-11-5-6-12(14-13(11)21-7-8-22-14)18-15(19)9-3-1-2-4-10(9)16(18)20/h5-6H,1-4,7-8H2. The lowest BCUT2D eigenvalue weighted by atomic mass is 9.93. The SMILES string of the molecule is O=C1C2=C(CCCC2)C(=O)N1c1ccc(Br)c2c1OCCO2. The summed E-state index contributed by atoms with van der Waals surface area (Å²) in [4.78, 5) is 26.6. The van der Waals surface area contributed by atoms with Crippen LogP contribution in [-0.2, 0) is 9.59 Å². The Labute approximate surface area is 136 Å².